The summed E-state index contributed by atoms with van der Waals surface area (Å²) in [6, 6.07) is 12.9. The number of hydrogen-bond donors (Lipinski definition) is 0. The minimum Gasteiger partial charge on any atom is -0.497 e. The van der Waals surface area contributed by atoms with Gasteiger partial charge in [0.1, 0.15) is 18.1 Å². The van der Waals surface area contributed by atoms with E-state index >= 15 is 0 Å². The molecule has 0 bridgehead atoms. The maximum absolute atomic E-state index is 12.7. The lowest BCUT2D eigenvalue weighted by molar-refractivity contribution is 0.150. The van der Waals surface area contributed by atoms with E-state index in [1.807, 2.05) is 18.2 Å². The Hall–Kier alpha value is -2.61. The number of nitriles is 1. The van der Waals surface area contributed by atoms with Gasteiger partial charge in [-0.15, -0.1) is 0 Å². The van der Waals surface area contributed by atoms with Crippen LogP contribution in [0, 0.1) is 11.3 Å². The van der Waals surface area contributed by atoms with Crippen molar-refractivity contribution in [3.8, 4) is 17.6 Å². The van der Waals surface area contributed by atoms with Gasteiger partial charge in [-0.25, -0.2) is 8.78 Å². The van der Waals surface area contributed by atoms with Crippen LogP contribution in [0.3, 0.4) is 0 Å². The SMILES string of the molecule is COc1ccc(COc2cc(C#N)cc(C(F)F)c2)cc1. The predicted octanol–water partition coefficient (Wildman–Crippen LogP) is 4.08. The van der Waals surface area contributed by atoms with Crippen molar-refractivity contribution >= 4 is 0 Å². The zero-order valence-corrected chi connectivity index (χ0v) is 11.3. The number of rotatable bonds is 5. The first-order chi connectivity index (χ1) is 10.1. The third-order valence-corrected chi connectivity index (χ3v) is 2.87. The lowest BCUT2D eigenvalue weighted by Crippen LogP contribution is -1.97. The molecular formula is C16H13F2NO2. The fraction of sp³-hybridized carbons (Fsp3) is 0.188. The van der Waals surface area contributed by atoms with E-state index in [-0.39, 0.29) is 23.5 Å². The number of methoxy groups -OCH3 is 1. The van der Waals surface area contributed by atoms with Crippen LogP contribution in [0.5, 0.6) is 11.5 Å². The molecule has 21 heavy (non-hydrogen) atoms. The van der Waals surface area contributed by atoms with Gasteiger partial charge in [0.05, 0.1) is 18.7 Å². The molecule has 0 aliphatic carbocycles. The number of halogens is 2. The lowest BCUT2D eigenvalue weighted by Gasteiger charge is -2.09. The van der Waals surface area contributed by atoms with E-state index in [1.165, 1.54) is 12.1 Å². The lowest BCUT2D eigenvalue weighted by atomic mass is 10.1. The second-order valence-corrected chi connectivity index (χ2v) is 4.34. The highest BCUT2D eigenvalue weighted by atomic mass is 19.3. The van der Waals surface area contributed by atoms with Crippen LogP contribution in [0.2, 0.25) is 0 Å². The fourth-order valence-corrected chi connectivity index (χ4v) is 1.78. The maximum atomic E-state index is 12.7. The second kappa shape index (κ2) is 6.71. The Labute approximate surface area is 121 Å². The number of benzene rings is 2. The predicted molar refractivity (Wildman–Crippen MR) is 73.4 cm³/mol. The van der Waals surface area contributed by atoms with Crippen LogP contribution in [0.4, 0.5) is 8.78 Å². The van der Waals surface area contributed by atoms with Crippen LogP contribution in [0.1, 0.15) is 23.1 Å². The normalized spacial score (nSPS) is 10.2. The molecule has 0 atom stereocenters. The van der Waals surface area contributed by atoms with E-state index in [1.54, 1.807) is 19.2 Å². The maximum Gasteiger partial charge on any atom is 0.264 e. The van der Waals surface area contributed by atoms with E-state index in [2.05, 4.69) is 0 Å². The van der Waals surface area contributed by atoms with Gasteiger partial charge in [-0.1, -0.05) is 12.1 Å². The summed E-state index contributed by atoms with van der Waals surface area (Å²) < 4.78 is 36.0. The summed E-state index contributed by atoms with van der Waals surface area (Å²) in [4.78, 5) is 0. The van der Waals surface area contributed by atoms with Gasteiger partial charge in [0, 0.05) is 5.56 Å². The van der Waals surface area contributed by atoms with E-state index in [0.29, 0.717) is 0 Å². The average Bonchev–Trinajstić information content (AvgIpc) is 2.53. The molecule has 0 saturated heterocycles. The first kappa shape index (κ1) is 14.8. The van der Waals surface area contributed by atoms with Crippen molar-refractivity contribution in [3.63, 3.8) is 0 Å². The number of alkyl halides is 2. The molecule has 0 radical (unpaired) electrons. The molecule has 2 rings (SSSR count). The van der Waals surface area contributed by atoms with E-state index in [9.17, 15) is 8.78 Å². The molecule has 0 unspecified atom stereocenters. The minimum absolute atomic E-state index is 0.150. The van der Waals surface area contributed by atoms with Crippen LogP contribution in [-0.2, 0) is 6.61 Å². The van der Waals surface area contributed by atoms with Gasteiger partial charge in [0.2, 0.25) is 0 Å². The first-order valence-corrected chi connectivity index (χ1v) is 6.21. The van der Waals surface area contributed by atoms with Crippen LogP contribution >= 0.6 is 0 Å². The summed E-state index contributed by atoms with van der Waals surface area (Å²) in [7, 11) is 1.57. The van der Waals surface area contributed by atoms with Crippen LogP contribution < -0.4 is 9.47 Å². The molecule has 0 amide bonds. The van der Waals surface area contributed by atoms with Crippen molar-refractivity contribution in [2.24, 2.45) is 0 Å². The average molecular weight is 289 g/mol. The van der Waals surface area contributed by atoms with Gasteiger partial charge in [-0.3, -0.25) is 0 Å². The second-order valence-electron chi connectivity index (χ2n) is 4.34. The molecular weight excluding hydrogens is 276 g/mol. The number of ether oxygens (including phenoxy) is 2. The molecule has 2 aromatic carbocycles. The topological polar surface area (TPSA) is 42.2 Å². The quantitative estimate of drug-likeness (QED) is 0.832. The van der Waals surface area contributed by atoms with Gasteiger partial charge in [0.15, 0.2) is 0 Å². The van der Waals surface area contributed by atoms with E-state index < -0.39 is 6.43 Å². The van der Waals surface area contributed by atoms with Gasteiger partial charge >= 0.3 is 0 Å². The molecule has 0 fully saturated rings. The Balaban J connectivity index is 2.11. The van der Waals surface area contributed by atoms with E-state index in [0.717, 1.165) is 17.4 Å². The summed E-state index contributed by atoms with van der Waals surface area (Å²) in [6.07, 6.45) is -2.64. The van der Waals surface area contributed by atoms with Crippen molar-refractivity contribution in [3.05, 3.63) is 59.2 Å². The molecule has 2 aromatic rings. The Kier molecular flexibility index (Phi) is 4.72. The summed E-state index contributed by atoms with van der Waals surface area (Å²) in [5.74, 6) is 0.977. The van der Waals surface area contributed by atoms with Crippen molar-refractivity contribution in [1.29, 1.82) is 5.26 Å². The highest BCUT2D eigenvalue weighted by molar-refractivity contribution is 5.41. The van der Waals surface area contributed by atoms with Gasteiger partial charge in [-0.2, -0.15) is 5.26 Å². The van der Waals surface area contributed by atoms with Crippen LogP contribution in [0.25, 0.3) is 0 Å². The Morgan fingerprint density at radius 2 is 1.81 bits per heavy atom. The van der Waals surface area contributed by atoms with Crippen molar-refractivity contribution < 1.29 is 18.3 Å². The van der Waals surface area contributed by atoms with Crippen LogP contribution in [-0.4, -0.2) is 7.11 Å². The molecule has 0 N–H and O–H groups in total. The standard InChI is InChI=1S/C16H13F2NO2/c1-20-14-4-2-11(3-5-14)10-21-15-7-12(9-19)6-13(8-15)16(17)18/h2-8,16H,10H2,1H3. The molecule has 0 saturated carbocycles. The Morgan fingerprint density at radius 3 is 2.38 bits per heavy atom. The number of hydrogen-bond acceptors (Lipinski definition) is 3. The minimum atomic E-state index is -2.64. The summed E-state index contributed by atoms with van der Waals surface area (Å²) >= 11 is 0. The van der Waals surface area contributed by atoms with Crippen LogP contribution in [0.15, 0.2) is 42.5 Å². The largest absolute Gasteiger partial charge is 0.497 e. The van der Waals surface area contributed by atoms with Gasteiger partial charge in [0.25, 0.3) is 6.43 Å². The van der Waals surface area contributed by atoms with Gasteiger partial charge < -0.3 is 9.47 Å². The highest BCUT2D eigenvalue weighted by Gasteiger charge is 2.10. The smallest absolute Gasteiger partial charge is 0.264 e. The molecule has 0 spiro atoms. The third-order valence-electron chi connectivity index (χ3n) is 2.87. The monoisotopic (exact) mass is 289 g/mol. The third kappa shape index (κ3) is 3.93. The molecule has 0 heterocycles. The summed E-state index contributed by atoms with van der Waals surface area (Å²) in [5, 5.41) is 8.85. The highest BCUT2D eigenvalue weighted by Crippen LogP contribution is 2.26. The zero-order chi connectivity index (χ0) is 15.2. The molecule has 0 aliphatic rings. The molecule has 108 valence electrons. The fourth-order valence-electron chi connectivity index (χ4n) is 1.78. The van der Waals surface area contributed by atoms with Crippen molar-refractivity contribution in [1.82, 2.24) is 0 Å². The molecule has 0 aromatic heterocycles. The van der Waals surface area contributed by atoms with Gasteiger partial charge in [-0.05, 0) is 35.9 Å². The molecule has 0 aliphatic heterocycles. The molecule has 5 heteroatoms. The number of nitrogens with zero attached hydrogens (tertiary/aromatic N) is 1. The summed E-state index contributed by atoms with van der Waals surface area (Å²) in [5.41, 5.74) is 0.799. The Bertz CT molecular complexity index is 648. The van der Waals surface area contributed by atoms with E-state index in [4.69, 9.17) is 14.7 Å². The van der Waals surface area contributed by atoms with Crippen molar-refractivity contribution in [2.45, 2.75) is 13.0 Å². The summed E-state index contributed by atoms with van der Waals surface area (Å²) in [6.45, 7) is 0.224. The molecule has 3 nitrogen and oxygen atoms in total. The first-order valence-electron chi connectivity index (χ1n) is 6.21. The van der Waals surface area contributed by atoms with Crippen molar-refractivity contribution in [2.75, 3.05) is 7.11 Å². The zero-order valence-electron chi connectivity index (χ0n) is 11.3. The Morgan fingerprint density at radius 1 is 1.10 bits per heavy atom.